The van der Waals surface area contributed by atoms with Crippen LogP contribution in [0.15, 0.2) is 139 Å². The number of carbonyl (C=O) groups is 1. The number of aliphatic carboxylic acids is 1. The molecule has 0 saturated heterocycles. The second-order valence-corrected chi connectivity index (χ2v) is 23.8. The number of rotatable bonds is 24. The van der Waals surface area contributed by atoms with Gasteiger partial charge in [-0.2, -0.15) is 0 Å². The Kier molecular flexibility index (Phi) is 15.9. The van der Waals surface area contributed by atoms with Crippen LogP contribution in [0.2, 0.25) is 0 Å². The minimum absolute atomic E-state index is 0.0106. The molecule has 0 bridgehead atoms. The van der Waals surface area contributed by atoms with E-state index in [1.54, 1.807) is 11.3 Å². The van der Waals surface area contributed by atoms with Crippen molar-refractivity contribution in [3.8, 4) is 43.8 Å². The number of benzene rings is 6. The first-order chi connectivity index (χ1) is 37.1. The molecule has 0 spiro atoms. The number of hydrogen-bond donors (Lipinski definition) is 1. The second-order valence-electron chi connectivity index (χ2n) is 22.7. The van der Waals surface area contributed by atoms with E-state index in [-0.39, 0.29) is 27.9 Å². The van der Waals surface area contributed by atoms with Gasteiger partial charge in [0.1, 0.15) is 0 Å². The van der Waals surface area contributed by atoms with Gasteiger partial charge in [0.15, 0.2) is 0 Å². The van der Waals surface area contributed by atoms with Gasteiger partial charge in [0.05, 0.1) is 6.57 Å². The molecule has 0 fully saturated rings. The highest BCUT2D eigenvalue weighted by atomic mass is 32.1. The molecule has 3 aliphatic carbocycles. The molecule has 1 heterocycles. The molecule has 1 aromatic heterocycles. The Bertz CT molecular complexity index is 3180. The number of thiophene rings is 1. The summed E-state index contributed by atoms with van der Waals surface area (Å²) in [7, 11) is 0. The number of nitrogens with zero attached hydrogens (tertiary/aromatic N) is 1. The smallest absolute Gasteiger partial charge is 0.333 e. The topological polar surface area (TPSA) is 41.7 Å². The Balaban J connectivity index is 1.19. The predicted molar refractivity (Wildman–Crippen MR) is 322 cm³/mol. The first-order valence-electron chi connectivity index (χ1n) is 29.4. The number of fused-ring (bicyclic) bond motifs is 9. The van der Waals surface area contributed by atoms with Gasteiger partial charge in [0.2, 0.25) is 0 Å². The Morgan fingerprint density at radius 2 is 0.829 bits per heavy atom. The van der Waals surface area contributed by atoms with Gasteiger partial charge in [0, 0.05) is 31.9 Å². The largest absolute Gasteiger partial charge is 0.486 e. The molecule has 76 heavy (non-hydrogen) atoms. The third-order valence-corrected chi connectivity index (χ3v) is 19.3. The molecule has 0 saturated carbocycles. The third kappa shape index (κ3) is 9.23. The van der Waals surface area contributed by atoms with Crippen LogP contribution in [0.25, 0.3) is 54.7 Å². The molecule has 1 N–H and O–H groups in total. The van der Waals surface area contributed by atoms with Crippen LogP contribution in [0.4, 0.5) is 0 Å². The lowest BCUT2D eigenvalue weighted by atomic mass is 9.68. The van der Waals surface area contributed by atoms with E-state index in [1.807, 2.05) is 6.07 Å². The summed E-state index contributed by atoms with van der Waals surface area (Å²) in [5, 5.41) is 9.65. The molecule has 390 valence electrons. The first-order valence-corrected chi connectivity index (χ1v) is 30.2. The molecular weight excluding hydrogens is 943 g/mol. The average molecular weight is 1020 g/mol. The monoisotopic (exact) mass is 1020 g/mol. The highest BCUT2D eigenvalue weighted by molar-refractivity contribution is 7.16. The van der Waals surface area contributed by atoms with Gasteiger partial charge in [0.25, 0.3) is 5.70 Å². The SMILES string of the molecule is [C-]#[N+]C(=Cc1ccc(-c2ccc3c(c2)C(CCCC)(CCCC)c2cc(C(c4ccc5c(c4)C(CCCC)(CCCC)c4ccccc4-5)c4ccc5c(c4)C(CCCC)(CCCC)c4ccccc4-5)ccc2-3)s1)C(=O)O. The van der Waals surface area contributed by atoms with Crippen molar-refractivity contribution >= 4 is 23.4 Å². The predicted octanol–water partition coefficient (Wildman–Crippen LogP) is 20.9. The summed E-state index contributed by atoms with van der Waals surface area (Å²) in [4.78, 5) is 17.0. The van der Waals surface area contributed by atoms with Crippen molar-refractivity contribution in [2.45, 2.75) is 179 Å². The summed E-state index contributed by atoms with van der Waals surface area (Å²) < 4.78 is 0. The Labute approximate surface area is 459 Å². The summed E-state index contributed by atoms with van der Waals surface area (Å²) in [5.74, 6) is -1.18. The fourth-order valence-corrected chi connectivity index (χ4v) is 15.4. The number of hydrogen-bond acceptors (Lipinski definition) is 2. The van der Waals surface area contributed by atoms with Gasteiger partial charge in [-0.25, -0.2) is 4.85 Å². The minimum Gasteiger partial charge on any atom is -0.486 e. The molecule has 4 heteroatoms. The summed E-state index contributed by atoms with van der Waals surface area (Å²) in [6.07, 6.45) is 22.4. The van der Waals surface area contributed by atoms with Gasteiger partial charge in [-0.1, -0.05) is 234 Å². The van der Waals surface area contributed by atoms with Crippen LogP contribution in [-0.2, 0) is 21.0 Å². The normalized spacial score (nSPS) is 14.9. The van der Waals surface area contributed by atoms with Crippen LogP contribution >= 0.6 is 11.3 Å². The Morgan fingerprint density at radius 3 is 1.21 bits per heavy atom. The molecule has 10 rings (SSSR count). The van der Waals surface area contributed by atoms with E-state index in [0.717, 1.165) is 53.8 Å². The van der Waals surface area contributed by atoms with Crippen molar-refractivity contribution < 1.29 is 9.90 Å². The van der Waals surface area contributed by atoms with Crippen LogP contribution in [0.1, 0.15) is 218 Å². The van der Waals surface area contributed by atoms with Crippen molar-refractivity contribution in [2.75, 3.05) is 0 Å². The van der Waals surface area contributed by atoms with Crippen molar-refractivity contribution in [1.29, 1.82) is 0 Å². The maximum atomic E-state index is 11.8. The fraction of sp³-hybridized carbons (Fsp3) is 0.389. The minimum atomic E-state index is -1.19. The summed E-state index contributed by atoms with van der Waals surface area (Å²) in [6.45, 7) is 21.6. The maximum absolute atomic E-state index is 11.8. The zero-order valence-electron chi connectivity index (χ0n) is 46.3. The fourth-order valence-electron chi connectivity index (χ4n) is 14.5. The molecule has 3 aliphatic rings. The van der Waals surface area contributed by atoms with E-state index in [4.69, 9.17) is 6.57 Å². The van der Waals surface area contributed by atoms with Crippen LogP contribution in [0.3, 0.4) is 0 Å². The van der Waals surface area contributed by atoms with Crippen molar-refractivity contribution in [3.05, 3.63) is 206 Å². The average Bonchev–Trinajstić information content (AvgIpc) is 4.24. The molecule has 7 aromatic rings. The number of unbranched alkanes of at least 4 members (excludes halogenated alkanes) is 6. The van der Waals surface area contributed by atoms with Crippen LogP contribution < -0.4 is 0 Å². The highest BCUT2D eigenvalue weighted by Crippen LogP contribution is 2.59. The summed E-state index contributed by atoms with van der Waals surface area (Å²) in [6, 6.07) is 53.0. The zero-order valence-corrected chi connectivity index (χ0v) is 47.1. The molecule has 0 radical (unpaired) electrons. The van der Waals surface area contributed by atoms with E-state index in [2.05, 4.69) is 174 Å². The van der Waals surface area contributed by atoms with E-state index in [1.165, 1.54) is 167 Å². The molecule has 0 unspecified atom stereocenters. The molecular formula is C72H79NO2S. The van der Waals surface area contributed by atoms with Gasteiger partial charge in [-0.15, -0.1) is 11.3 Å². The molecule has 0 atom stereocenters. The van der Waals surface area contributed by atoms with E-state index in [9.17, 15) is 9.90 Å². The van der Waals surface area contributed by atoms with E-state index in [0.29, 0.717) is 0 Å². The van der Waals surface area contributed by atoms with Crippen LogP contribution in [0, 0.1) is 6.57 Å². The van der Waals surface area contributed by atoms with Gasteiger partial charge in [-0.05, 0) is 152 Å². The van der Waals surface area contributed by atoms with Crippen LogP contribution in [0.5, 0.6) is 0 Å². The van der Waals surface area contributed by atoms with E-state index < -0.39 is 5.97 Å². The van der Waals surface area contributed by atoms with Crippen molar-refractivity contribution in [3.63, 3.8) is 0 Å². The zero-order chi connectivity index (χ0) is 53.0. The van der Waals surface area contributed by atoms with Crippen molar-refractivity contribution in [2.24, 2.45) is 0 Å². The Hall–Kier alpha value is -6.28. The molecule has 3 nitrogen and oxygen atoms in total. The lowest BCUT2D eigenvalue weighted by Crippen LogP contribution is -2.26. The quantitative estimate of drug-likeness (QED) is 0.0372. The first kappa shape index (κ1) is 53.1. The second kappa shape index (κ2) is 22.7. The van der Waals surface area contributed by atoms with E-state index >= 15 is 0 Å². The third-order valence-electron chi connectivity index (χ3n) is 18.2. The lowest BCUT2D eigenvalue weighted by molar-refractivity contribution is -0.132. The summed E-state index contributed by atoms with van der Waals surface area (Å²) in [5.41, 5.74) is 22.3. The number of carboxylic acid groups (broad SMARTS) is 1. The highest BCUT2D eigenvalue weighted by Gasteiger charge is 2.46. The summed E-state index contributed by atoms with van der Waals surface area (Å²) >= 11 is 1.56. The van der Waals surface area contributed by atoms with Gasteiger partial charge in [-0.3, -0.25) is 4.79 Å². The van der Waals surface area contributed by atoms with Crippen LogP contribution in [-0.4, -0.2) is 11.1 Å². The molecule has 0 amide bonds. The molecule has 0 aliphatic heterocycles. The van der Waals surface area contributed by atoms with Crippen molar-refractivity contribution in [1.82, 2.24) is 0 Å². The molecule has 6 aromatic carbocycles. The lowest BCUT2D eigenvalue weighted by Gasteiger charge is -2.35. The van der Waals surface area contributed by atoms with Gasteiger partial charge >= 0.3 is 5.97 Å². The van der Waals surface area contributed by atoms with Gasteiger partial charge < -0.3 is 5.11 Å². The standard InChI is InChI=1S/C72H79NO2S/c1-8-14-38-70(39-15-9-2)60-26-22-20-24-54(60)56-34-29-50(45-63(56)70)68(51-30-35-57-55-25-21-23-27-61(55)71(40-16-10-3,41-17-11-4)64(57)46-51)52-31-36-59-58-33-28-49(67-37-32-53(76-67)48-66(73-7)69(74)75)44-62(58)72(42-18-12-5,43-19-13-6)65(59)47-52/h20-37,44-48,68H,8-19,38-43H2,1-6H3,(H,74,75). The maximum Gasteiger partial charge on any atom is 0.333 e. The number of carboxylic acids is 1. The Morgan fingerprint density at radius 1 is 0.474 bits per heavy atom.